The maximum atomic E-state index is 10.9. The molecule has 1 N–H and O–H groups in total. The van der Waals surface area contributed by atoms with Crippen molar-refractivity contribution < 1.29 is 9.66 Å². The molecule has 21 heavy (non-hydrogen) atoms. The average molecular weight is 308 g/mol. The molecule has 0 aliphatic rings. The van der Waals surface area contributed by atoms with Crippen LogP contribution in [0.5, 0.6) is 5.75 Å². The largest absolute Gasteiger partial charge is 0.487 e. The van der Waals surface area contributed by atoms with Crippen molar-refractivity contribution in [3.8, 4) is 5.75 Å². The Morgan fingerprint density at radius 3 is 2.81 bits per heavy atom. The molecule has 0 radical (unpaired) electrons. The fraction of sp³-hybridized carbons (Fsp3) is 0.214. The number of halogens is 1. The standard InChI is InChI=1S/C14H14ClN3O3/c1-9-12(18(19)20)4-3-5-13(9)21-8-11-10(15)6-7-14(16-2)17-11/h3-7H,8H2,1-2H3,(H,16,17). The second-order valence-electron chi connectivity index (χ2n) is 4.32. The highest BCUT2D eigenvalue weighted by molar-refractivity contribution is 6.31. The van der Waals surface area contributed by atoms with Gasteiger partial charge in [-0.1, -0.05) is 17.7 Å². The monoisotopic (exact) mass is 307 g/mol. The van der Waals surface area contributed by atoms with Crippen LogP contribution in [-0.4, -0.2) is 17.0 Å². The number of aromatic nitrogens is 1. The Labute approximate surface area is 126 Å². The third kappa shape index (κ3) is 3.41. The maximum absolute atomic E-state index is 10.9. The summed E-state index contributed by atoms with van der Waals surface area (Å²) in [7, 11) is 1.76. The minimum absolute atomic E-state index is 0.0236. The number of nitro benzene ring substituents is 1. The van der Waals surface area contributed by atoms with Crippen LogP contribution in [0, 0.1) is 17.0 Å². The van der Waals surface area contributed by atoms with Crippen molar-refractivity contribution in [1.29, 1.82) is 0 Å². The van der Waals surface area contributed by atoms with Crippen LogP contribution in [0.15, 0.2) is 30.3 Å². The molecular weight excluding hydrogens is 294 g/mol. The summed E-state index contributed by atoms with van der Waals surface area (Å²) in [6.07, 6.45) is 0. The van der Waals surface area contributed by atoms with E-state index in [1.165, 1.54) is 6.07 Å². The van der Waals surface area contributed by atoms with E-state index in [2.05, 4.69) is 10.3 Å². The van der Waals surface area contributed by atoms with E-state index in [1.807, 2.05) is 0 Å². The highest BCUT2D eigenvalue weighted by atomic mass is 35.5. The molecule has 110 valence electrons. The quantitative estimate of drug-likeness (QED) is 0.675. The van der Waals surface area contributed by atoms with Crippen molar-refractivity contribution in [3.63, 3.8) is 0 Å². The van der Waals surface area contributed by atoms with Crippen LogP contribution in [0.2, 0.25) is 5.02 Å². The Morgan fingerprint density at radius 2 is 2.14 bits per heavy atom. The normalized spacial score (nSPS) is 10.2. The number of benzene rings is 1. The Morgan fingerprint density at radius 1 is 1.38 bits per heavy atom. The van der Waals surface area contributed by atoms with Gasteiger partial charge < -0.3 is 10.1 Å². The van der Waals surface area contributed by atoms with Crippen LogP contribution in [0.1, 0.15) is 11.3 Å². The lowest BCUT2D eigenvalue weighted by molar-refractivity contribution is -0.385. The molecule has 0 aliphatic carbocycles. The fourth-order valence-corrected chi connectivity index (χ4v) is 1.99. The van der Waals surface area contributed by atoms with Crippen molar-refractivity contribution in [3.05, 3.63) is 56.7 Å². The van der Waals surface area contributed by atoms with Crippen molar-refractivity contribution in [2.75, 3.05) is 12.4 Å². The first-order valence-corrected chi connectivity index (χ1v) is 6.60. The summed E-state index contributed by atoms with van der Waals surface area (Å²) in [5.41, 5.74) is 1.06. The number of nitro groups is 1. The molecule has 0 spiro atoms. The van der Waals surface area contributed by atoms with E-state index < -0.39 is 4.92 Å². The zero-order valence-electron chi connectivity index (χ0n) is 11.6. The Kier molecular flexibility index (Phi) is 4.59. The first kappa shape index (κ1) is 15.1. The van der Waals surface area contributed by atoms with Crippen LogP contribution in [-0.2, 0) is 6.61 Å². The van der Waals surface area contributed by atoms with E-state index >= 15 is 0 Å². The number of nitrogens with one attached hydrogen (secondary N) is 1. The molecule has 0 saturated carbocycles. The number of anilines is 1. The van der Waals surface area contributed by atoms with Gasteiger partial charge in [0.25, 0.3) is 5.69 Å². The molecule has 0 amide bonds. The number of rotatable bonds is 5. The van der Waals surface area contributed by atoms with Gasteiger partial charge in [0.05, 0.1) is 21.2 Å². The number of hydrogen-bond acceptors (Lipinski definition) is 5. The van der Waals surface area contributed by atoms with Gasteiger partial charge in [0.1, 0.15) is 18.2 Å². The van der Waals surface area contributed by atoms with E-state index in [4.69, 9.17) is 16.3 Å². The van der Waals surface area contributed by atoms with Crippen LogP contribution < -0.4 is 10.1 Å². The molecule has 7 heteroatoms. The minimum Gasteiger partial charge on any atom is -0.487 e. The van der Waals surface area contributed by atoms with Gasteiger partial charge in [0.15, 0.2) is 0 Å². The van der Waals surface area contributed by atoms with E-state index in [-0.39, 0.29) is 12.3 Å². The lowest BCUT2D eigenvalue weighted by Crippen LogP contribution is -2.03. The Balaban J connectivity index is 2.21. The second-order valence-corrected chi connectivity index (χ2v) is 4.73. The van der Waals surface area contributed by atoms with E-state index in [0.29, 0.717) is 27.8 Å². The molecule has 0 unspecified atom stereocenters. The zero-order chi connectivity index (χ0) is 15.4. The highest BCUT2D eigenvalue weighted by Crippen LogP contribution is 2.28. The van der Waals surface area contributed by atoms with Crippen LogP contribution in [0.3, 0.4) is 0 Å². The highest BCUT2D eigenvalue weighted by Gasteiger charge is 2.14. The van der Waals surface area contributed by atoms with E-state index in [1.54, 1.807) is 38.2 Å². The number of nitrogens with zero attached hydrogens (tertiary/aromatic N) is 2. The van der Waals surface area contributed by atoms with Gasteiger partial charge in [-0.2, -0.15) is 0 Å². The lowest BCUT2D eigenvalue weighted by atomic mass is 10.2. The SMILES string of the molecule is CNc1ccc(Cl)c(COc2cccc([N+](=O)[O-])c2C)n1. The van der Waals surface area contributed by atoms with Crippen molar-refractivity contribution in [1.82, 2.24) is 4.98 Å². The van der Waals surface area contributed by atoms with Crippen molar-refractivity contribution in [2.45, 2.75) is 13.5 Å². The molecule has 0 fully saturated rings. The summed E-state index contributed by atoms with van der Waals surface area (Å²) >= 11 is 6.06. The summed E-state index contributed by atoms with van der Waals surface area (Å²) in [6, 6.07) is 8.18. The molecule has 1 aromatic carbocycles. The molecular formula is C14H14ClN3O3. The van der Waals surface area contributed by atoms with Crippen molar-refractivity contribution in [2.24, 2.45) is 0 Å². The van der Waals surface area contributed by atoms with Gasteiger partial charge in [0.2, 0.25) is 0 Å². The summed E-state index contributed by atoms with van der Waals surface area (Å²) in [5.74, 6) is 1.12. The van der Waals surface area contributed by atoms with Crippen LogP contribution in [0.4, 0.5) is 11.5 Å². The predicted molar refractivity (Wildman–Crippen MR) is 81.0 cm³/mol. The molecule has 0 aliphatic heterocycles. The smallest absolute Gasteiger partial charge is 0.276 e. The first-order chi connectivity index (χ1) is 10.0. The minimum atomic E-state index is -0.435. The number of hydrogen-bond donors (Lipinski definition) is 1. The lowest BCUT2D eigenvalue weighted by Gasteiger charge is -2.10. The molecule has 2 rings (SSSR count). The van der Waals surface area contributed by atoms with Gasteiger partial charge in [-0.15, -0.1) is 0 Å². The van der Waals surface area contributed by atoms with Gasteiger partial charge >= 0.3 is 0 Å². The fourth-order valence-electron chi connectivity index (χ4n) is 1.83. The number of pyridine rings is 1. The predicted octanol–water partition coefficient (Wildman–Crippen LogP) is 3.57. The Hall–Kier alpha value is -2.34. The second kappa shape index (κ2) is 6.41. The molecule has 1 aromatic heterocycles. The summed E-state index contributed by atoms with van der Waals surface area (Å²) < 4.78 is 5.61. The van der Waals surface area contributed by atoms with Gasteiger partial charge in [0, 0.05) is 13.1 Å². The third-order valence-electron chi connectivity index (χ3n) is 2.99. The summed E-state index contributed by atoms with van der Waals surface area (Å²) in [6.45, 7) is 1.78. The zero-order valence-corrected chi connectivity index (χ0v) is 12.3. The third-order valence-corrected chi connectivity index (χ3v) is 3.34. The van der Waals surface area contributed by atoms with Crippen LogP contribution >= 0.6 is 11.6 Å². The summed E-state index contributed by atoms with van der Waals surface area (Å²) in [4.78, 5) is 14.7. The topological polar surface area (TPSA) is 77.3 Å². The van der Waals surface area contributed by atoms with E-state index in [9.17, 15) is 10.1 Å². The number of ether oxygens (including phenoxy) is 1. The van der Waals surface area contributed by atoms with E-state index in [0.717, 1.165) is 0 Å². The molecule has 0 atom stereocenters. The molecule has 1 heterocycles. The van der Waals surface area contributed by atoms with Crippen LogP contribution in [0.25, 0.3) is 0 Å². The van der Waals surface area contributed by atoms with Gasteiger partial charge in [-0.05, 0) is 25.1 Å². The molecule has 2 aromatic rings. The first-order valence-electron chi connectivity index (χ1n) is 6.23. The molecule has 0 bridgehead atoms. The van der Waals surface area contributed by atoms with Gasteiger partial charge in [-0.3, -0.25) is 10.1 Å². The summed E-state index contributed by atoms with van der Waals surface area (Å²) in [5, 5.41) is 14.3. The van der Waals surface area contributed by atoms with Gasteiger partial charge in [-0.25, -0.2) is 4.98 Å². The maximum Gasteiger partial charge on any atom is 0.276 e. The molecule has 0 saturated heterocycles. The average Bonchev–Trinajstić information content (AvgIpc) is 2.47. The Bertz CT molecular complexity index is 677. The molecule has 6 nitrogen and oxygen atoms in total. The van der Waals surface area contributed by atoms with Crippen molar-refractivity contribution >= 4 is 23.1 Å².